The molecule has 0 N–H and O–H groups in total. The summed E-state index contributed by atoms with van der Waals surface area (Å²) in [4.78, 5) is 0. The summed E-state index contributed by atoms with van der Waals surface area (Å²) in [5.41, 5.74) is 0.956. The average molecular weight is 264 g/mol. The largest absolute Gasteiger partial charge is 0.487 e. The number of hydrogen-bond donors (Lipinski definition) is 0. The number of benzene rings is 1. The first-order valence-corrected chi connectivity index (χ1v) is 7.18. The van der Waals surface area contributed by atoms with E-state index in [9.17, 15) is 4.39 Å². The van der Waals surface area contributed by atoms with E-state index in [1.54, 1.807) is 19.2 Å². The van der Waals surface area contributed by atoms with Gasteiger partial charge < -0.3 is 9.47 Å². The molecule has 1 aromatic rings. The van der Waals surface area contributed by atoms with Crippen LogP contribution in [0.5, 0.6) is 5.75 Å². The molecule has 0 heterocycles. The molecule has 0 amide bonds. The molecule has 0 aliphatic heterocycles. The van der Waals surface area contributed by atoms with Crippen molar-refractivity contribution >= 4 is 0 Å². The summed E-state index contributed by atoms with van der Waals surface area (Å²) in [6.45, 7) is 0.493. The van der Waals surface area contributed by atoms with E-state index in [0.29, 0.717) is 12.4 Å². The molecule has 3 atom stereocenters. The summed E-state index contributed by atoms with van der Waals surface area (Å²) in [5, 5.41) is 0. The molecule has 2 fully saturated rings. The van der Waals surface area contributed by atoms with Gasteiger partial charge in [0.2, 0.25) is 0 Å². The lowest BCUT2D eigenvalue weighted by atomic mass is 9.87. The molecule has 2 aliphatic carbocycles. The molecule has 1 unspecified atom stereocenters. The van der Waals surface area contributed by atoms with Crippen molar-refractivity contribution in [2.24, 2.45) is 11.8 Å². The summed E-state index contributed by atoms with van der Waals surface area (Å²) in [6.07, 6.45) is 6.38. The van der Waals surface area contributed by atoms with Crippen molar-refractivity contribution in [2.45, 2.75) is 44.8 Å². The third-order valence-electron chi connectivity index (χ3n) is 4.44. The van der Waals surface area contributed by atoms with Gasteiger partial charge in [-0.25, -0.2) is 4.39 Å². The van der Waals surface area contributed by atoms with Gasteiger partial charge in [0.1, 0.15) is 0 Å². The van der Waals surface area contributed by atoms with Crippen molar-refractivity contribution in [2.75, 3.05) is 7.11 Å². The van der Waals surface area contributed by atoms with Gasteiger partial charge in [-0.05, 0) is 48.8 Å². The molecule has 2 bridgehead atoms. The van der Waals surface area contributed by atoms with Gasteiger partial charge >= 0.3 is 0 Å². The molecule has 2 saturated carbocycles. The molecule has 0 spiro atoms. The van der Waals surface area contributed by atoms with Crippen molar-refractivity contribution in [3.63, 3.8) is 0 Å². The van der Waals surface area contributed by atoms with E-state index in [1.165, 1.54) is 25.3 Å². The molecule has 3 rings (SSSR count). The van der Waals surface area contributed by atoms with Crippen molar-refractivity contribution in [1.29, 1.82) is 0 Å². The molecule has 2 aliphatic rings. The molecular formula is C16H21FO2. The van der Waals surface area contributed by atoms with Crippen LogP contribution in [-0.4, -0.2) is 13.2 Å². The van der Waals surface area contributed by atoms with E-state index in [2.05, 4.69) is 0 Å². The molecule has 1 aromatic carbocycles. The Morgan fingerprint density at radius 2 is 1.89 bits per heavy atom. The quantitative estimate of drug-likeness (QED) is 0.820. The highest BCUT2D eigenvalue weighted by molar-refractivity contribution is 5.30. The summed E-state index contributed by atoms with van der Waals surface area (Å²) in [5.74, 6) is 1.72. The Bertz CT molecular complexity index is 434. The highest BCUT2D eigenvalue weighted by Gasteiger charge is 2.35. The van der Waals surface area contributed by atoms with Crippen LogP contribution in [0.4, 0.5) is 4.39 Å². The molecule has 19 heavy (non-hydrogen) atoms. The lowest BCUT2D eigenvalue weighted by Gasteiger charge is -2.28. The maximum absolute atomic E-state index is 13.8. The number of rotatable bonds is 4. The Hall–Kier alpha value is -1.09. The van der Waals surface area contributed by atoms with Crippen LogP contribution in [0, 0.1) is 17.7 Å². The van der Waals surface area contributed by atoms with Gasteiger partial charge in [0, 0.05) is 7.11 Å². The van der Waals surface area contributed by atoms with Crippen molar-refractivity contribution in [1.82, 2.24) is 0 Å². The average Bonchev–Trinajstić information content (AvgIpc) is 2.73. The van der Waals surface area contributed by atoms with E-state index < -0.39 is 0 Å². The number of methoxy groups -OCH3 is 1. The predicted molar refractivity (Wildman–Crippen MR) is 71.6 cm³/mol. The minimum Gasteiger partial charge on any atom is -0.487 e. The lowest BCUT2D eigenvalue weighted by molar-refractivity contribution is 0.113. The Balaban J connectivity index is 1.70. The van der Waals surface area contributed by atoms with E-state index in [4.69, 9.17) is 9.47 Å². The third-order valence-corrected chi connectivity index (χ3v) is 4.44. The standard InChI is InChI=1S/C16H21FO2/c1-18-10-13-4-5-15(17)16(9-13)19-14-7-11-2-3-12(6-11)8-14/h4-5,9,11-12,14H,2-3,6-8,10H2,1H3/t11-,12+,14?. The molecule has 2 nitrogen and oxygen atoms in total. The normalized spacial score (nSPS) is 29.5. The zero-order valence-electron chi connectivity index (χ0n) is 11.4. The maximum atomic E-state index is 13.8. The van der Waals surface area contributed by atoms with Crippen LogP contribution in [0.1, 0.15) is 37.7 Å². The molecular weight excluding hydrogens is 243 g/mol. The monoisotopic (exact) mass is 264 g/mol. The second-order valence-corrected chi connectivity index (χ2v) is 5.95. The number of fused-ring (bicyclic) bond motifs is 2. The van der Waals surface area contributed by atoms with Gasteiger partial charge in [-0.2, -0.15) is 0 Å². The zero-order chi connectivity index (χ0) is 13.2. The molecule has 3 heteroatoms. The topological polar surface area (TPSA) is 18.5 Å². The number of hydrogen-bond acceptors (Lipinski definition) is 2. The second-order valence-electron chi connectivity index (χ2n) is 5.95. The SMILES string of the molecule is COCc1ccc(F)c(OC2C[C@H]3CC[C@@H](C2)C3)c1. The van der Waals surface area contributed by atoms with E-state index >= 15 is 0 Å². The van der Waals surface area contributed by atoms with Crippen LogP contribution >= 0.6 is 0 Å². The van der Waals surface area contributed by atoms with Crippen LogP contribution in [0.3, 0.4) is 0 Å². The fourth-order valence-electron chi connectivity index (χ4n) is 3.62. The van der Waals surface area contributed by atoms with Crippen LogP contribution in [0.25, 0.3) is 0 Å². The number of ether oxygens (including phenoxy) is 2. The van der Waals surface area contributed by atoms with Crippen molar-refractivity contribution < 1.29 is 13.9 Å². The maximum Gasteiger partial charge on any atom is 0.165 e. The minimum atomic E-state index is -0.266. The van der Waals surface area contributed by atoms with Gasteiger partial charge in [-0.1, -0.05) is 18.9 Å². The Morgan fingerprint density at radius 1 is 1.16 bits per heavy atom. The van der Waals surface area contributed by atoms with E-state index in [1.807, 2.05) is 0 Å². The van der Waals surface area contributed by atoms with Crippen LogP contribution in [0.15, 0.2) is 18.2 Å². The minimum absolute atomic E-state index is 0.193. The fraction of sp³-hybridized carbons (Fsp3) is 0.625. The Labute approximate surface area is 113 Å². The zero-order valence-corrected chi connectivity index (χ0v) is 11.4. The highest BCUT2D eigenvalue weighted by atomic mass is 19.1. The fourth-order valence-corrected chi connectivity index (χ4v) is 3.62. The molecule has 0 radical (unpaired) electrons. The second kappa shape index (κ2) is 5.49. The van der Waals surface area contributed by atoms with Gasteiger partial charge in [0.15, 0.2) is 11.6 Å². The summed E-state index contributed by atoms with van der Waals surface area (Å²) in [7, 11) is 1.64. The Morgan fingerprint density at radius 3 is 2.58 bits per heavy atom. The van der Waals surface area contributed by atoms with Crippen LogP contribution in [0.2, 0.25) is 0 Å². The first kappa shape index (κ1) is 12.9. The number of halogens is 1. The summed E-state index contributed by atoms with van der Waals surface area (Å²) in [6, 6.07) is 4.99. The van der Waals surface area contributed by atoms with Gasteiger partial charge in [-0.15, -0.1) is 0 Å². The lowest BCUT2D eigenvalue weighted by Crippen LogP contribution is -2.26. The van der Waals surface area contributed by atoms with Gasteiger partial charge in [0.05, 0.1) is 12.7 Å². The van der Waals surface area contributed by atoms with Crippen LogP contribution < -0.4 is 4.74 Å². The Kier molecular flexibility index (Phi) is 3.74. The highest BCUT2D eigenvalue weighted by Crippen LogP contribution is 2.43. The summed E-state index contributed by atoms with van der Waals surface area (Å²) >= 11 is 0. The first-order valence-electron chi connectivity index (χ1n) is 7.18. The summed E-state index contributed by atoms with van der Waals surface area (Å²) < 4.78 is 24.8. The molecule has 104 valence electrons. The van der Waals surface area contributed by atoms with Gasteiger partial charge in [0.25, 0.3) is 0 Å². The predicted octanol–water partition coefficient (Wildman–Crippen LogP) is 3.93. The van der Waals surface area contributed by atoms with E-state index in [-0.39, 0.29) is 11.9 Å². The van der Waals surface area contributed by atoms with Crippen LogP contribution in [-0.2, 0) is 11.3 Å². The van der Waals surface area contributed by atoms with Crippen molar-refractivity contribution in [3.8, 4) is 5.75 Å². The third kappa shape index (κ3) is 2.92. The molecule has 0 aromatic heterocycles. The van der Waals surface area contributed by atoms with Gasteiger partial charge in [-0.3, -0.25) is 0 Å². The van der Waals surface area contributed by atoms with E-state index in [0.717, 1.165) is 30.2 Å². The first-order chi connectivity index (χ1) is 9.24. The van der Waals surface area contributed by atoms with Crippen molar-refractivity contribution in [3.05, 3.63) is 29.6 Å². The smallest absolute Gasteiger partial charge is 0.165 e. The molecule has 0 saturated heterocycles.